The second-order valence-corrected chi connectivity index (χ2v) is 4.07. The number of nitrogens with one attached hydrogen (secondary N) is 1. The fraction of sp³-hybridized carbons (Fsp3) is 0.143. The average molecular weight is 258 g/mol. The quantitative estimate of drug-likeness (QED) is 0.762. The molecule has 5 nitrogen and oxygen atoms in total. The summed E-state index contributed by atoms with van der Waals surface area (Å²) in [6.45, 7) is 0.647. The van der Waals surface area contributed by atoms with E-state index in [-0.39, 0.29) is 12.3 Å². The second-order valence-electron chi connectivity index (χ2n) is 4.07. The molecule has 1 aromatic carbocycles. The van der Waals surface area contributed by atoms with Crippen molar-refractivity contribution in [2.24, 2.45) is 0 Å². The summed E-state index contributed by atoms with van der Waals surface area (Å²) in [6, 6.07) is 10.7. The molecule has 0 saturated heterocycles. The lowest BCUT2D eigenvalue weighted by molar-refractivity contribution is 0.0690. The van der Waals surface area contributed by atoms with Gasteiger partial charge in [-0.2, -0.15) is 0 Å². The van der Waals surface area contributed by atoms with Crippen molar-refractivity contribution in [3.05, 3.63) is 59.4 Å². The summed E-state index contributed by atoms with van der Waals surface area (Å²) in [7, 11) is 0. The van der Waals surface area contributed by atoms with Crippen LogP contribution in [0.3, 0.4) is 0 Å². The van der Waals surface area contributed by atoms with Crippen LogP contribution in [0.2, 0.25) is 0 Å². The highest BCUT2D eigenvalue weighted by Crippen LogP contribution is 2.10. The van der Waals surface area contributed by atoms with Crippen molar-refractivity contribution in [3.8, 4) is 0 Å². The Morgan fingerprint density at radius 1 is 1.11 bits per heavy atom. The van der Waals surface area contributed by atoms with E-state index < -0.39 is 5.97 Å². The third-order valence-corrected chi connectivity index (χ3v) is 2.68. The van der Waals surface area contributed by atoms with Crippen molar-refractivity contribution in [1.82, 2.24) is 4.98 Å². The first kappa shape index (κ1) is 13.0. The van der Waals surface area contributed by atoms with Crippen LogP contribution in [0.1, 0.15) is 21.6 Å². The maximum Gasteiger partial charge on any atom is 0.354 e. The Morgan fingerprint density at radius 2 is 1.79 bits per heavy atom. The Labute approximate surface area is 110 Å². The smallest absolute Gasteiger partial charge is 0.354 e. The van der Waals surface area contributed by atoms with Gasteiger partial charge in [-0.3, -0.25) is 0 Å². The van der Waals surface area contributed by atoms with Crippen LogP contribution in [0.25, 0.3) is 0 Å². The highest BCUT2D eigenvalue weighted by atomic mass is 16.4. The zero-order valence-electron chi connectivity index (χ0n) is 10.2. The maximum absolute atomic E-state index is 10.6. The van der Waals surface area contributed by atoms with Crippen LogP contribution in [0, 0.1) is 0 Å². The van der Waals surface area contributed by atoms with Crippen molar-refractivity contribution in [3.63, 3.8) is 0 Å². The predicted octanol–water partition coefficient (Wildman–Crippen LogP) is 1.88. The van der Waals surface area contributed by atoms with E-state index >= 15 is 0 Å². The third kappa shape index (κ3) is 3.53. The molecule has 2 aromatic rings. The molecule has 19 heavy (non-hydrogen) atoms. The molecule has 0 atom stereocenters. The number of carboxylic acids is 1. The van der Waals surface area contributed by atoms with Gasteiger partial charge in [0, 0.05) is 6.54 Å². The molecular weight excluding hydrogens is 244 g/mol. The van der Waals surface area contributed by atoms with E-state index in [1.807, 2.05) is 24.3 Å². The molecule has 1 aromatic heterocycles. The number of benzene rings is 1. The van der Waals surface area contributed by atoms with Crippen LogP contribution in [-0.4, -0.2) is 21.2 Å². The van der Waals surface area contributed by atoms with Crippen LogP contribution in [0.5, 0.6) is 0 Å². The van der Waals surface area contributed by atoms with E-state index in [4.69, 9.17) is 10.2 Å². The van der Waals surface area contributed by atoms with E-state index in [1.54, 1.807) is 6.07 Å². The van der Waals surface area contributed by atoms with Gasteiger partial charge in [-0.05, 0) is 23.3 Å². The summed E-state index contributed by atoms with van der Waals surface area (Å²) in [5.74, 6) is -1.04. The summed E-state index contributed by atoms with van der Waals surface area (Å²) < 4.78 is 0. The first-order chi connectivity index (χ1) is 9.19. The number of carbonyl (C=O) groups is 1. The minimum Gasteiger partial charge on any atom is -0.477 e. The summed E-state index contributed by atoms with van der Waals surface area (Å²) in [5, 5.41) is 20.8. The van der Waals surface area contributed by atoms with E-state index in [1.165, 1.54) is 12.3 Å². The topological polar surface area (TPSA) is 82.5 Å². The Kier molecular flexibility index (Phi) is 4.10. The van der Waals surface area contributed by atoms with E-state index in [0.29, 0.717) is 6.54 Å². The monoisotopic (exact) mass is 258 g/mol. The van der Waals surface area contributed by atoms with Gasteiger partial charge >= 0.3 is 5.97 Å². The first-order valence-electron chi connectivity index (χ1n) is 5.81. The van der Waals surface area contributed by atoms with Gasteiger partial charge in [0.1, 0.15) is 5.69 Å². The number of nitrogens with zero attached hydrogens (tertiary/aromatic N) is 1. The molecule has 0 aliphatic rings. The molecule has 5 heteroatoms. The molecule has 0 spiro atoms. The number of aromatic carboxylic acids is 1. The molecule has 0 aliphatic heterocycles. The molecule has 2 rings (SSSR count). The number of aromatic nitrogens is 1. The highest BCUT2D eigenvalue weighted by Gasteiger charge is 2.03. The Balaban J connectivity index is 1.95. The third-order valence-electron chi connectivity index (χ3n) is 2.68. The molecule has 0 amide bonds. The lowest BCUT2D eigenvalue weighted by Gasteiger charge is -2.07. The summed E-state index contributed by atoms with van der Waals surface area (Å²) in [5.41, 5.74) is 2.73. The normalized spacial score (nSPS) is 10.2. The number of pyridine rings is 1. The molecule has 0 fully saturated rings. The molecule has 0 unspecified atom stereocenters. The molecule has 98 valence electrons. The maximum atomic E-state index is 10.6. The minimum absolute atomic E-state index is 0.0258. The lowest BCUT2D eigenvalue weighted by atomic mass is 10.1. The summed E-state index contributed by atoms with van der Waals surface area (Å²) in [4.78, 5) is 14.5. The fourth-order valence-electron chi connectivity index (χ4n) is 1.59. The number of aliphatic hydroxyl groups excluding tert-OH is 1. The standard InChI is InChI=1S/C14H14N2O3/c17-9-11-3-1-10(2-4-11)7-15-12-5-6-13(14(18)19)16-8-12/h1-6,8,15,17H,7,9H2,(H,18,19). The lowest BCUT2D eigenvalue weighted by Crippen LogP contribution is -2.03. The minimum atomic E-state index is -1.04. The zero-order valence-corrected chi connectivity index (χ0v) is 10.2. The Hall–Kier alpha value is -2.40. The van der Waals surface area contributed by atoms with Crippen LogP contribution < -0.4 is 5.32 Å². The number of anilines is 1. The van der Waals surface area contributed by atoms with Gasteiger partial charge in [-0.1, -0.05) is 24.3 Å². The zero-order chi connectivity index (χ0) is 13.7. The molecule has 0 saturated carbocycles. The van der Waals surface area contributed by atoms with Gasteiger partial charge < -0.3 is 15.5 Å². The predicted molar refractivity (Wildman–Crippen MR) is 70.9 cm³/mol. The van der Waals surface area contributed by atoms with Gasteiger partial charge in [0.25, 0.3) is 0 Å². The summed E-state index contributed by atoms with van der Waals surface area (Å²) in [6.07, 6.45) is 1.49. The van der Waals surface area contributed by atoms with Crippen molar-refractivity contribution < 1.29 is 15.0 Å². The van der Waals surface area contributed by atoms with Gasteiger partial charge in [-0.15, -0.1) is 0 Å². The van der Waals surface area contributed by atoms with Crippen molar-refractivity contribution >= 4 is 11.7 Å². The molecule has 3 N–H and O–H groups in total. The van der Waals surface area contributed by atoms with Gasteiger partial charge in [-0.25, -0.2) is 9.78 Å². The SMILES string of the molecule is O=C(O)c1ccc(NCc2ccc(CO)cc2)cn1. The van der Waals surface area contributed by atoms with E-state index in [2.05, 4.69) is 10.3 Å². The molecule has 0 aliphatic carbocycles. The van der Waals surface area contributed by atoms with Crippen LogP contribution in [-0.2, 0) is 13.2 Å². The largest absolute Gasteiger partial charge is 0.477 e. The number of aliphatic hydroxyl groups is 1. The van der Waals surface area contributed by atoms with E-state index in [0.717, 1.165) is 16.8 Å². The van der Waals surface area contributed by atoms with Crippen LogP contribution in [0.4, 0.5) is 5.69 Å². The number of rotatable bonds is 5. The van der Waals surface area contributed by atoms with Gasteiger partial charge in [0.05, 0.1) is 18.5 Å². The van der Waals surface area contributed by atoms with E-state index in [9.17, 15) is 4.79 Å². The van der Waals surface area contributed by atoms with Crippen molar-refractivity contribution in [2.75, 3.05) is 5.32 Å². The second kappa shape index (κ2) is 5.97. The number of hydrogen-bond donors (Lipinski definition) is 3. The van der Waals surface area contributed by atoms with Crippen LogP contribution >= 0.6 is 0 Å². The molecule has 0 bridgehead atoms. The number of hydrogen-bond acceptors (Lipinski definition) is 4. The Morgan fingerprint density at radius 3 is 2.32 bits per heavy atom. The van der Waals surface area contributed by atoms with Crippen molar-refractivity contribution in [1.29, 1.82) is 0 Å². The van der Waals surface area contributed by atoms with Gasteiger partial charge in [0.15, 0.2) is 0 Å². The van der Waals surface area contributed by atoms with Crippen LogP contribution in [0.15, 0.2) is 42.6 Å². The summed E-state index contributed by atoms with van der Waals surface area (Å²) >= 11 is 0. The van der Waals surface area contributed by atoms with Gasteiger partial charge in [0.2, 0.25) is 0 Å². The highest BCUT2D eigenvalue weighted by molar-refractivity contribution is 5.85. The van der Waals surface area contributed by atoms with Crippen molar-refractivity contribution in [2.45, 2.75) is 13.2 Å². The average Bonchev–Trinajstić information content (AvgIpc) is 2.46. The molecule has 1 heterocycles. The first-order valence-corrected chi connectivity index (χ1v) is 5.81. The fourth-order valence-corrected chi connectivity index (χ4v) is 1.59. The number of carboxylic acid groups (broad SMARTS) is 1. The molecule has 0 radical (unpaired) electrons. The molecular formula is C14H14N2O3. The Bertz CT molecular complexity index is 550.